The maximum Gasteiger partial charge on any atom is 0.317 e. The summed E-state index contributed by atoms with van der Waals surface area (Å²) in [5, 5.41) is 37.1. The van der Waals surface area contributed by atoms with Gasteiger partial charge in [0.05, 0.1) is 59.0 Å². The molecule has 0 unspecified atom stereocenters. The van der Waals surface area contributed by atoms with Gasteiger partial charge in [0.15, 0.2) is 0 Å². The lowest BCUT2D eigenvalue weighted by Crippen LogP contribution is -2.52. The van der Waals surface area contributed by atoms with Crippen molar-refractivity contribution in [1.29, 1.82) is 0 Å². The van der Waals surface area contributed by atoms with Crippen LogP contribution >= 0.6 is 0 Å². The second-order valence-electron chi connectivity index (χ2n) is 14.0. The summed E-state index contributed by atoms with van der Waals surface area (Å²) >= 11 is 0. The van der Waals surface area contributed by atoms with Crippen molar-refractivity contribution < 1.29 is 63.5 Å². The maximum absolute atomic E-state index is 13.6. The van der Waals surface area contributed by atoms with E-state index in [0.717, 1.165) is 0 Å². The van der Waals surface area contributed by atoms with Crippen molar-refractivity contribution in [3.8, 4) is 0 Å². The average molecular weight is 773 g/mol. The van der Waals surface area contributed by atoms with E-state index in [-0.39, 0.29) is 134 Å². The number of Topliss-reactive ketones (excluding diaryl/α,β-unsaturated/α-hetero) is 1. The highest BCUT2D eigenvalue weighted by molar-refractivity contribution is 5.86. The summed E-state index contributed by atoms with van der Waals surface area (Å²) in [7, 11) is 0. The Morgan fingerprint density at radius 2 is 0.981 bits per heavy atom. The van der Waals surface area contributed by atoms with Gasteiger partial charge in [-0.3, -0.25) is 53.2 Å². The van der Waals surface area contributed by atoms with Gasteiger partial charge in [0.1, 0.15) is 5.78 Å². The van der Waals surface area contributed by atoms with Crippen LogP contribution in [0.4, 0.5) is 0 Å². The lowest BCUT2D eigenvalue weighted by atomic mass is 10.0. The Morgan fingerprint density at radius 1 is 0.556 bits per heavy atom. The molecule has 2 amide bonds. The number of likely N-dealkylation sites (tertiary alicyclic amines) is 1. The van der Waals surface area contributed by atoms with Gasteiger partial charge in [0.25, 0.3) is 0 Å². The van der Waals surface area contributed by atoms with Crippen LogP contribution in [-0.2, 0) is 43.0 Å². The molecule has 2 aliphatic rings. The molecule has 0 spiro atoms. The number of ether oxygens (including phenoxy) is 2. The molecule has 0 aromatic heterocycles. The quantitative estimate of drug-likeness (QED) is 0.0945. The van der Waals surface area contributed by atoms with E-state index in [4.69, 9.17) is 14.6 Å². The number of carbonyl (C=O) groups is 7. The van der Waals surface area contributed by atoms with E-state index < -0.39 is 23.9 Å². The fourth-order valence-electron chi connectivity index (χ4n) is 6.32. The molecule has 0 aromatic carbocycles. The first-order chi connectivity index (χ1) is 25.6. The van der Waals surface area contributed by atoms with Crippen LogP contribution in [-0.4, -0.2) is 222 Å². The molecule has 54 heavy (non-hydrogen) atoms. The van der Waals surface area contributed by atoms with Crippen molar-refractivity contribution in [2.75, 3.05) is 125 Å². The smallest absolute Gasteiger partial charge is 0.317 e. The number of aliphatic carboxylic acids is 4. The van der Waals surface area contributed by atoms with Crippen LogP contribution in [0.2, 0.25) is 0 Å². The Labute approximate surface area is 316 Å². The lowest BCUT2D eigenvalue weighted by molar-refractivity contribution is -0.141. The van der Waals surface area contributed by atoms with E-state index in [1.54, 1.807) is 38.3 Å². The number of hydrogen-bond acceptors (Lipinski definition) is 13. The van der Waals surface area contributed by atoms with Crippen LogP contribution in [0.1, 0.15) is 46.0 Å². The summed E-state index contributed by atoms with van der Waals surface area (Å²) in [4.78, 5) is 95.0. The van der Waals surface area contributed by atoms with Crippen molar-refractivity contribution in [2.24, 2.45) is 5.92 Å². The molecule has 0 radical (unpaired) electrons. The monoisotopic (exact) mass is 772 g/mol. The summed E-state index contributed by atoms with van der Waals surface area (Å²) in [5.74, 6) is -4.55. The second kappa shape index (κ2) is 25.4. The van der Waals surface area contributed by atoms with Crippen molar-refractivity contribution in [3.63, 3.8) is 0 Å². The number of amides is 2. The summed E-state index contributed by atoms with van der Waals surface area (Å²) in [6, 6.07) is -0.178. The summed E-state index contributed by atoms with van der Waals surface area (Å²) in [6.07, 6.45) is 1.12. The minimum absolute atomic E-state index is 0.00230. The Morgan fingerprint density at radius 3 is 1.39 bits per heavy atom. The predicted molar refractivity (Wildman–Crippen MR) is 193 cm³/mol. The Balaban J connectivity index is 2.05. The van der Waals surface area contributed by atoms with Gasteiger partial charge in [-0.2, -0.15) is 0 Å². The fraction of sp³-hybridized carbons (Fsp3) is 0.800. The zero-order valence-electron chi connectivity index (χ0n) is 31.8. The topological polar surface area (TPSA) is 238 Å². The molecule has 0 saturated carbocycles. The van der Waals surface area contributed by atoms with Crippen molar-refractivity contribution in [1.82, 2.24) is 29.4 Å². The number of carboxylic acids is 4. The zero-order valence-corrected chi connectivity index (χ0v) is 31.8. The van der Waals surface area contributed by atoms with E-state index in [9.17, 15) is 48.9 Å². The Bertz CT molecular complexity index is 1200. The number of piperidine rings is 1. The number of carbonyl (C=O) groups excluding carboxylic acids is 3. The van der Waals surface area contributed by atoms with Crippen LogP contribution in [0.15, 0.2) is 0 Å². The fourth-order valence-corrected chi connectivity index (χ4v) is 6.32. The predicted octanol–water partition coefficient (Wildman–Crippen LogP) is -1.21. The Kier molecular flexibility index (Phi) is 21.8. The molecule has 4 N–H and O–H groups in total. The lowest BCUT2D eigenvalue weighted by Gasteiger charge is -2.39. The molecular formula is C35H60N6O13. The molecule has 2 rings (SSSR count). The molecule has 2 aliphatic heterocycles. The zero-order chi connectivity index (χ0) is 40.0. The number of carboxylic acid groups (broad SMARTS) is 4. The van der Waals surface area contributed by atoms with Gasteiger partial charge in [0.2, 0.25) is 11.8 Å². The van der Waals surface area contributed by atoms with Gasteiger partial charge in [-0.05, 0) is 12.8 Å². The van der Waals surface area contributed by atoms with E-state index in [1.807, 2.05) is 4.90 Å². The van der Waals surface area contributed by atoms with Crippen LogP contribution < -0.4 is 0 Å². The van der Waals surface area contributed by atoms with Crippen molar-refractivity contribution in [2.45, 2.75) is 52.0 Å². The third-order valence-corrected chi connectivity index (χ3v) is 9.48. The number of rotatable bonds is 22. The summed E-state index contributed by atoms with van der Waals surface area (Å²) in [5.41, 5.74) is 0. The second-order valence-corrected chi connectivity index (χ2v) is 14.0. The van der Waals surface area contributed by atoms with Crippen LogP contribution in [0.5, 0.6) is 0 Å². The normalized spacial score (nSPS) is 17.8. The van der Waals surface area contributed by atoms with E-state index in [2.05, 4.69) is 0 Å². The highest BCUT2D eigenvalue weighted by Crippen LogP contribution is 2.19. The Hall–Kier alpha value is -3.75. The highest BCUT2D eigenvalue weighted by Gasteiger charge is 2.31. The van der Waals surface area contributed by atoms with Crippen LogP contribution in [0.3, 0.4) is 0 Å². The third kappa shape index (κ3) is 19.5. The maximum atomic E-state index is 13.6. The first-order valence-corrected chi connectivity index (χ1v) is 18.7. The molecular weight excluding hydrogens is 712 g/mol. The van der Waals surface area contributed by atoms with Crippen molar-refractivity contribution >= 4 is 41.5 Å². The van der Waals surface area contributed by atoms with Gasteiger partial charge in [-0.15, -0.1) is 0 Å². The van der Waals surface area contributed by atoms with Gasteiger partial charge >= 0.3 is 23.9 Å². The molecule has 19 nitrogen and oxygen atoms in total. The highest BCUT2D eigenvalue weighted by atomic mass is 16.5. The molecule has 0 aromatic rings. The molecule has 308 valence electrons. The number of hydrogen-bond donors (Lipinski definition) is 4. The van der Waals surface area contributed by atoms with E-state index >= 15 is 0 Å². The number of ketones is 1. The van der Waals surface area contributed by atoms with Crippen LogP contribution in [0.25, 0.3) is 0 Å². The molecule has 2 fully saturated rings. The van der Waals surface area contributed by atoms with Gasteiger partial charge in [-0.1, -0.05) is 13.8 Å². The third-order valence-electron chi connectivity index (χ3n) is 9.48. The molecule has 0 atom stereocenters. The first-order valence-electron chi connectivity index (χ1n) is 18.7. The van der Waals surface area contributed by atoms with E-state index in [1.165, 1.54) is 0 Å². The van der Waals surface area contributed by atoms with Gasteiger partial charge < -0.3 is 39.7 Å². The molecule has 2 heterocycles. The minimum Gasteiger partial charge on any atom is -0.481 e. The standard InChI is InChI=1S/C35H60N6O13/c1-27(2)29(42)3-4-30(43)41(18-20-54-22-21-53-19-7-32(45)46)28-5-8-40(9-6-28)31(44)23-36-10-12-37(24-33(47)48)14-16-39(26-35(51)52)17-15-38(13-11-36)25-34(49)50/h27-28H,3-26H2,1-2H3,(H,45,46)(H,47,48)(H,49,50)(H,51,52). The molecule has 2 saturated heterocycles. The minimum atomic E-state index is -1.04. The first kappa shape index (κ1) is 46.4. The number of nitrogens with zero attached hydrogens (tertiary/aromatic N) is 6. The molecule has 19 heteroatoms. The van der Waals surface area contributed by atoms with Gasteiger partial charge in [-0.25, -0.2) is 0 Å². The van der Waals surface area contributed by atoms with Crippen LogP contribution in [0, 0.1) is 5.92 Å². The van der Waals surface area contributed by atoms with E-state index in [0.29, 0.717) is 52.1 Å². The molecule has 0 bridgehead atoms. The SMILES string of the molecule is CC(C)C(=O)CCC(=O)N(CCOCCOCCC(=O)O)C1CCN(C(=O)CN2CCN(CC(=O)O)CCN(CC(=O)O)CCN(CC(=O)O)CC2)CC1. The molecule has 0 aliphatic carbocycles. The summed E-state index contributed by atoms with van der Waals surface area (Å²) in [6.45, 7) is 6.99. The summed E-state index contributed by atoms with van der Waals surface area (Å²) < 4.78 is 10.9. The van der Waals surface area contributed by atoms with Crippen molar-refractivity contribution in [3.05, 3.63) is 0 Å². The van der Waals surface area contributed by atoms with Gasteiger partial charge in [0, 0.05) is 96.8 Å². The largest absolute Gasteiger partial charge is 0.481 e. The average Bonchev–Trinajstić information content (AvgIpc) is 3.10.